The Bertz CT molecular complexity index is 975. The maximum atomic E-state index is 12.5. The van der Waals surface area contributed by atoms with Crippen LogP contribution in [0.1, 0.15) is 1.37 Å². The van der Waals surface area contributed by atoms with E-state index >= 15 is 0 Å². The molecule has 0 spiro atoms. The maximum absolute atomic E-state index is 12.5. The van der Waals surface area contributed by atoms with Gasteiger partial charge in [0.05, 0.1) is 27.7 Å². The van der Waals surface area contributed by atoms with Crippen LogP contribution in [0.25, 0.3) is 10.2 Å². The van der Waals surface area contributed by atoms with E-state index in [4.69, 9.17) is 13.0 Å². The molecule has 0 saturated carbocycles. The number of anilines is 1. The molecule has 108 valence electrons. The molecule has 0 unspecified atom stereocenters. The Labute approximate surface area is 145 Å². The van der Waals surface area contributed by atoms with Gasteiger partial charge in [-0.3, -0.25) is 4.72 Å². The lowest BCUT2D eigenvalue weighted by atomic mass is 10.3. The molecule has 0 aliphatic carbocycles. The second-order valence-electron chi connectivity index (χ2n) is 4.16. The van der Waals surface area contributed by atoms with Crippen LogP contribution < -0.4 is 4.72 Å². The molecule has 0 radical (unpaired) electrons. The first-order valence-electron chi connectivity index (χ1n) is 6.20. The summed E-state index contributed by atoms with van der Waals surface area (Å²) in [7, 11) is -3.71. The quantitative estimate of drug-likeness (QED) is 0.602. The van der Waals surface area contributed by atoms with Gasteiger partial charge >= 0.3 is 0 Å². The van der Waals surface area contributed by atoms with E-state index in [2.05, 4.69) is 9.71 Å². The van der Waals surface area contributed by atoms with Crippen molar-refractivity contribution in [3.05, 3.63) is 50.5 Å². The standard InChI is InChI=1S/C13H8ClIN2O2S2/c14-8-1-3-11(10(15)5-8)17-21(18,19)9-2-4-12-13(6-9)20-7-16-12/h1-7,17H/i7D. The molecule has 0 atom stereocenters. The van der Waals surface area contributed by atoms with Crippen molar-refractivity contribution in [1.82, 2.24) is 4.98 Å². The van der Waals surface area contributed by atoms with Crippen LogP contribution in [0.4, 0.5) is 5.69 Å². The minimum Gasteiger partial charge on any atom is -0.279 e. The number of fused-ring (bicyclic) bond motifs is 1. The third kappa shape index (κ3) is 3.15. The van der Waals surface area contributed by atoms with Gasteiger partial charge in [-0.05, 0) is 59.0 Å². The van der Waals surface area contributed by atoms with Gasteiger partial charge in [0.15, 0.2) is 0 Å². The SMILES string of the molecule is [2H]c1nc2ccc(S(=O)(=O)Nc3ccc(Cl)cc3I)cc2s1. The topological polar surface area (TPSA) is 59.1 Å². The van der Waals surface area contributed by atoms with E-state index in [1.54, 1.807) is 24.3 Å². The molecule has 2 aromatic carbocycles. The van der Waals surface area contributed by atoms with Crippen LogP contribution in [-0.4, -0.2) is 13.4 Å². The van der Waals surface area contributed by atoms with Gasteiger partial charge in [-0.1, -0.05) is 11.6 Å². The molecule has 0 fully saturated rings. The molecule has 0 amide bonds. The van der Waals surface area contributed by atoms with Gasteiger partial charge in [-0.25, -0.2) is 13.4 Å². The number of rotatable bonds is 3. The van der Waals surface area contributed by atoms with Crippen molar-refractivity contribution in [2.75, 3.05) is 4.72 Å². The van der Waals surface area contributed by atoms with Crippen LogP contribution in [-0.2, 0) is 10.0 Å². The molecule has 8 heteroatoms. The maximum Gasteiger partial charge on any atom is 0.261 e. The van der Waals surface area contributed by atoms with Gasteiger partial charge in [-0.15, -0.1) is 11.3 Å². The van der Waals surface area contributed by atoms with Crippen molar-refractivity contribution < 1.29 is 9.79 Å². The van der Waals surface area contributed by atoms with Crippen molar-refractivity contribution in [1.29, 1.82) is 0 Å². The first kappa shape index (κ1) is 13.7. The van der Waals surface area contributed by atoms with Gasteiger partial charge in [0, 0.05) is 8.59 Å². The van der Waals surface area contributed by atoms with E-state index in [9.17, 15) is 8.42 Å². The lowest BCUT2D eigenvalue weighted by Gasteiger charge is -2.10. The highest BCUT2D eigenvalue weighted by molar-refractivity contribution is 14.1. The number of thiazole rings is 1. The van der Waals surface area contributed by atoms with Crippen molar-refractivity contribution in [3.63, 3.8) is 0 Å². The average molecular weight is 452 g/mol. The molecular weight excluding hydrogens is 443 g/mol. The molecule has 0 saturated heterocycles. The predicted molar refractivity (Wildman–Crippen MR) is 94.6 cm³/mol. The fourth-order valence-corrected chi connectivity index (χ4v) is 4.75. The molecule has 4 nitrogen and oxygen atoms in total. The molecular formula is C13H8ClIN2O2S2. The number of nitrogens with zero attached hydrogens (tertiary/aromatic N) is 1. The summed E-state index contributed by atoms with van der Waals surface area (Å²) < 4.78 is 36.4. The lowest BCUT2D eigenvalue weighted by molar-refractivity contribution is 0.601. The third-order valence-corrected chi connectivity index (χ3v) is 5.96. The second-order valence-corrected chi connectivity index (χ2v) is 8.27. The van der Waals surface area contributed by atoms with Gasteiger partial charge in [0.2, 0.25) is 0 Å². The summed E-state index contributed by atoms with van der Waals surface area (Å²) >= 11 is 9.02. The number of hydrogen-bond acceptors (Lipinski definition) is 4. The number of halogens is 2. The van der Waals surface area contributed by atoms with Crippen LogP contribution in [0.3, 0.4) is 0 Å². The fourth-order valence-electron chi connectivity index (χ4n) is 1.73. The number of sulfonamides is 1. The van der Waals surface area contributed by atoms with Gasteiger partial charge in [0.25, 0.3) is 10.0 Å². The molecule has 0 aliphatic rings. The Balaban J connectivity index is 2.00. The molecule has 3 aromatic rings. The number of benzene rings is 2. The van der Waals surface area contributed by atoms with Gasteiger partial charge in [-0.2, -0.15) is 0 Å². The Hall–Kier alpha value is -0.900. The van der Waals surface area contributed by atoms with Crippen molar-refractivity contribution in [2.45, 2.75) is 4.90 Å². The Morgan fingerprint density at radius 1 is 1.29 bits per heavy atom. The molecule has 3 rings (SSSR count). The summed E-state index contributed by atoms with van der Waals surface area (Å²) in [6, 6.07) is 9.53. The smallest absolute Gasteiger partial charge is 0.261 e. The minimum atomic E-state index is -3.71. The summed E-state index contributed by atoms with van der Waals surface area (Å²) in [6.45, 7) is 0. The minimum absolute atomic E-state index is 0.134. The van der Waals surface area contributed by atoms with Crippen LogP contribution in [0.5, 0.6) is 0 Å². The molecule has 0 aliphatic heterocycles. The van der Waals surface area contributed by atoms with Crippen molar-refractivity contribution >= 4 is 71.5 Å². The van der Waals surface area contributed by atoms with E-state index in [-0.39, 0.29) is 10.4 Å². The fraction of sp³-hybridized carbons (Fsp3) is 0. The Kier molecular flexibility index (Phi) is 3.74. The molecule has 1 aromatic heterocycles. The highest BCUT2D eigenvalue weighted by Crippen LogP contribution is 2.27. The van der Waals surface area contributed by atoms with Crippen LogP contribution in [0.15, 0.2) is 46.8 Å². The molecule has 0 bridgehead atoms. The van der Waals surface area contributed by atoms with E-state index in [0.29, 0.717) is 24.5 Å². The summed E-state index contributed by atoms with van der Waals surface area (Å²) in [5.41, 5.74) is 1.25. The normalized spacial score (nSPS) is 12.4. The number of aromatic nitrogens is 1. The van der Waals surface area contributed by atoms with Gasteiger partial charge in [0.1, 0.15) is 0 Å². The third-order valence-electron chi connectivity index (χ3n) is 2.74. The van der Waals surface area contributed by atoms with Crippen LogP contribution >= 0.6 is 45.5 Å². The zero-order valence-electron chi connectivity index (χ0n) is 11.3. The second kappa shape index (κ2) is 5.71. The Morgan fingerprint density at radius 2 is 2.10 bits per heavy atom. The molecule has 1 N–H and O–H groups in total. The highest BCUT2D eigenvalue weighted by Gasteiger charge is 2.16. The number of hydrogen-bond donors (Lipinski definition) is 1. The zero-order valence-corrected chi connectivity index (χ0v) is 14.8. The highest BCUT2D eigenvalue weighted by atomic mass is 127. The molecule has 1 heterocycles. The number of nitrogens with one attached hydrogen (secondary N) is 1. The van der Waals surface area contributed by atoms with Crippen molar-refractivity contribution in [3.8, 4) is 0 Å². The van der Waals surface area contributed by atoms with Crippen LogP contribution in [0, 0.1) is 3.57 Å². The first-order chi connectivity index (χ1) is 10.3. The summed E-state index contributed by atoms with van der Waals surface area (Å²) in [5, 5.41) is 0.543. The Morgan fingerprint density at radius 3 is 2.86 bits per heavy atom. The van der Waals surface area contributed by atoms with E-state index in [1.807, 2.05) is 22.6 Å². The van der Waals surface area contributed by atoms with Crippen LogP contribution in [0.2, 0.25) is 5.02 Å². The summed E-state index contributed by atoms with van der Waals surface area (Å²) in [4.78, 5) is 4.13. The lowest BCUT2D eigenvalue weighted by Crippen LogP contribution is -2.13. The predicted octanol–water partition coefficient (Wildman–Crippen LogP) is 4.36. The van der Waals surface area contributed by atoms with E-state index < -0.39 is 10.0 Å². The van der Waals surface area contributed by atoms with E-state index in [1.165, 1.54) is 12.1 Å². The van der Waals surface area contributed by atoms with E-state index in [0.717, 1.165) is 11.3 Å². The zero-order chi connectivity index (χ0) is 15.9. The van der Waals surface area contributed by atoms with Crippen molar-refractivity contribution in [2.24, 2.45) is 0 Å². The first-order valence-corrected chi connectivity index (χ1v) is 9.46. The average Bonchev–Trinajstić information content (AvgIpc) is 2.81. The molecule has 21 heavy (non-hydrogen) atoms. The monoisotopic (exact) mass is 451 g/mol. The largest absolute Gasteiger partial charge is 0.279 e. The summed E-state index contributed by atoms with van der Waals surface area (Å²) in [6.07, 6.45) is 0. The summed E-state index contributed by atoms with van der Waals surface area (Å²) in [5.74, 6) is 0. The van der Waals surface area contributed by atoms with Gasteiger partial charge < -0.3 is 0 Å².